The molecule has 2 N–H and O–H groups in total. The molecule has 0 aromatic heterocycles. The first-order valence-corrected chi connectivity index (χ1v) is 6.33. The van der Waals surface area contributed by atoms with Gasteiger partial charge in [0, 0.05) is 13.0 Å². The van der Waals surface area contributed by atoms with Crippen LogP contribution in [-0.2, 0) is 16.0 Å². The number of carbonyl (C=O) groups is 2. The Balaban J connectivity index is 1.79. The number of amides is 1. The van der Waals surface area contributed by atoms with E-state index < -0.39 is 18.0 Å². The molecule has 1 aliphatic heterocycles. The molecule has 5 nitrogen and oxygen atoms in total. The van der Waals surface area contributed by atoms with Gasteiger partial charge in [0.1, 0.15) is 5.75 Å². The molecule has 1 heterocycles. The smallest absolute Gasteiger partial charge is 0.306 e. The van der Waals surface area contributed by atoms with Gasteiger partial charge in [0.25, 0.3) is 5.91 Å². The standard InChI is InChI=1S/C14H17NO4/c1-9(14(17)18)6-7-15-13(16)12-8-10-4-2-3-5-11(10)19-12/h2-5,9,12H,6-8H2,1H3,(H,15,16)(H,17,18). The van der Waals surface area contributed by atoms with Gasteiger partial charge in [-0.25, -0.2) is 0 Å². The second-order valence-electron chi connectivity index (χ2n) is 4.74. The van der Waals surface area contributed by atoms with Crippen LogP contribution >= 0.6 is 0 Å². The first-order chi connectivity index (χ1) is 9.08. The van der Waals surface area contributed by atoms with Crippen LogP contribution in [0.1, 0.15) is 18.9 Å². The lowest BCUT2D eigenvalue weighted by Gasteiger charge is -2.12. The minimum Gasteiger partial charge on any atom is -0.481 e. The molecule has 5 heteroatoms. The van der Waals surface area contributed by atoms with Crippen LogP contribution in [0.5, 0.6) is 5.75 Å². The van der Waals surface area contributed by atoms with Gasteiger partial charge in [-0.05, 0) is 18.1 Å². The van der Waals surface area contributed by atoms with Gasteiger partial charge in [0.15, 0.2) is 6.10 Å². The first kappa shape index (κ1) is 13.4. The molecule has 0 aliphatic carbocycles. The Kier molecular flexibility index (Phi) is 4.04. The fourth-order valence-corrected chi connectivity index (χ4v) is 1.98. The van der Waals surface area contributed by atoms with Crippen LogP contribution in [-0.4, -0.2) is 29.6 Å². The van der Waals surface area contributed by atoms with Crippen molar-refractivity contribution in [3.05, 3.63) is 29.8 Å². The maximum absolute atomic E-state index is 11.9. The van der Waals surface area contributed by atoms with Crippen LogP contribution in [0.15, 0.2) is 24.3 Å². The molecule has 1 aliphatic rings. The monoisotopic (exact) mass is 263 g/mol. The molecular weight excluding hydrogens is 246 g/mol. The van der Waals surface area contributed by atoms with Gasteiger partial charge in [0.2, 0.25) is 0 Å². The number of benzene rings is 1. The molecular formula is C14H17NO4. The molecule has 1 aromatic rings. The van der Waals surface area contributed by atoms with E-state index in [4.69, 9.17) is 9.84 Å². The first-order valence-electron chi connectivity index (χ1n) is 6.33. The van der Waals surface area contributed by atoms with Crippen LogP contribution < -0.4 is 10.1 Å². The molecule has 2 unspecified atom stereocenters. The Labute approximate surface area is 111 Å². The molecule has 19 heavy (non-hydrogen) atoms. The van der Waals surface area contributed by atoms with Gasteiger partial charge in [0.05, 0.1) is 5.92 Å². The zero-order valence-electron chi connectivity index (χ0n) is 10.8. The van der Waals surface area contributed by atoms with Crippen LogP contribution in [0.4, 0.5) is 0 Å². The highest BCUT2D eigenvalue weighted by molar-refractivity contribution is 5.82. The number of fused-ring (bicyclic) bond motifs is 1. The molecule has 102 valence electrons. The van der Waals surface area contributed by atoms with E-state index in [-0.39, 0.29) is 5.91 Å². The number of carbonyl (C=O) groups excluding carboxylic acids is 1. The molecule has 1 aromatic carbocycles. The van der Waals surface area contributed by atoms with Crippen LogP contribution in [0.2, 0.25) is 0 Å². The highest BCUT2D eigenvalue weighted by atomic mass is 16.5. The van der Waals surface area contributed by atoms with Gasteiger partial charge >= 0.3 is 5.97 Å². The van der Waals surface area contributed by atoms with E-state index in [1.54, 1.807) is 6.92 Å². The van der Waals surface area contributed by atoms with Gasteiger partial charge in [-0.3, -0.25) is 9.59 Å². The number of nitrogens with one attached hydrogen (secondary N) is 1. The van der Waals surface area contributed by atoms with Crippen molar-refractivity contribution in [2.75, 3.05) is 6.54 Å². The third-order valence-electron chi connectivity index (χ3n) is 3.24. The van der Waals surface area contributed by atoms with Gasteiger partial charge < -0.3 is 15.2 Å². The van der Waals surface area contributed by atoms with E-state index in [2.05, 4.69) is 5.32 Å². The summed E-state index contributed by atoms with van der Waals surface area (Å²) in [5.74, 6) is -0.740. The summed E-state index contributed by atoms with van der Waals surface area (Å²) in [4.78, 5) is 22.5. The molecule has 2 atom stereocenters. The fraction of sp³-hybridized carbons (Fsp3) is 0.429. The lowest BCUT2D eigenvalue weighted by molar-refractivity contribution is -0.141. The Morgan fingerprint density at radius 2 is 2.21 bits per heavy atom. The minimum absolute atomic E-state index is 0.186. The average Bonchev–Trinajstić information content (AvgIpc) is 2.82. The second kappa shape index (κ2) is 5.73. The van der Waals surface area contributed by atoms with E-state index >= 15 is 0 Å². The van der Waals surface area contributed by atoms with Crippen LogP contribution in [0, 0.1) is 5.92 Å². The summed E-state index contributed by atoms with van der Waals surface area (Å²) < 4.78 is 5.55. The Morgan fingerprint density at radius 1 is 1.47 bits per heavy atom. The Morgan fingerprint density at radius 3 is 2.89 bits per heavy atom. The quantitative estimate of drug-likeness (QED) is 0.837. The third-order valence-corrected chi connectivity index (χ3v) is 3.24. The zero-order chi connectivity index (χ0) is 13.8. The van der Waals surface area contributed by atoms with E-state index in [1.165, 1.54) is 0 Å². The highest BCUT2D eigenvalue weighted by Gasteiger charge is 2.28. The molecule has 0 bridgehead atoms. The normalized spacial score (nSPS) is 18.3. The van der Waals surface area contributed by atoms with Crippen molar-refractivity contribution in [3.63, 3.8) is 0 Å². The van der Waals surface area contributed by atoms with Crippen molar-refractivity contribution in [2.45, 2.75) is 25.9 Å². The van der Waals surface area contributed by atoms with Crippen molar-refractivity contribution in [1.29, 1.82) is 0 Å². The lowest BCUT2D eigenvalue weighted by atomic mass is 10.1. The maximum atomic E-state index is 11.9. The van der Waals surface area contributed by atoms with E-state index in [9.17, 15) is 9.59 Å². The zero-order valence-corrected chi connectivity index (χ0v) is 10.8. The Hall–Kier alpha value is -2.04. The van der Waals surface area contributed by atoms with E-state index in [0.717, 1.165) is 11.3 Å². The summed E-state index contributed by atoms with van der Waals surface area (Å²) in [6.07, 6.45) is 0.481. The topological polar surface area (TPSA) is 75.6 Å². The third kappa shape index (κ3) is 3.24. The predicted octanol–water partition coefficient (Wildman–Crippen LogP) is 1.22. The summed E-state index contributed by atoms with van der Waals surface area (Å²) in [7, 11) is 0. The van der Waals surface area contributed by atoms with Crippen molar-refractivity contribution < 1.29 is 19.4 Å². The number of hydrogen-bond acceptors (Lipinski definition) is 3. The van der Waals surface area contributed by atoms with Gasteiger partial charge in [-0.15, -0.1) is 0 Å². The van der Waals surface area contributed by atoms with E-state index in [0.29, 0.717) is 19.4 Å². The minimum atomic E-state index is -0.848. The molecule has 0 radical (unpaired) electrons. The van der Waals surface area contributed by atoms with Crippen LogP contribution in [0.25, 0.3) is 0 Å². The summed E-state index contributed by atoms with van der Waals surface area (Å²) in [5, 5.41) is 11.5. The molecule has 2 rings (SSSR count). The second-order valence-corrected chi connectivity index (χ2v) is 4.74. The van der Waals surface area contributed by atoms with Gasteiger partial charge in [-0.1, -0.05) is 25.1 Å². The van der Waals surface area contributed by atoms with E-state index in [1.807, 2.05) is 24.3 Å². The average molecular weight is 263 g/mol. The molecule has 0 fully saturated rings. The van der Waals surface area contributed by atoms with Crippen molar-refractivity contribution in [2.24, 2.45) is 5.92 Å². The Bertz CT molecular complexity index is 461. The number of hydrogen-bond donors (Lipinski definition) is 2. The lowest BCUT2D eigenvalue weighted by Crippen LogP contribution is -2.38. The van der Waals surface area contributed by atoms with Crippen molar-refractivity contribution in [3.8, 4) is 5.75 Å². The summed E-state index contributed by atoms with van der Waals surface area (Å²) in [6, 6.07) is 7.56. The number of rotatable bonds is 5. The number of aliphatic carboxylic acids is 1. The largest absolute Gasteiger partial charge is 0.481 e. The van der Waals surface area contributed by atoms with Crippen LogP contribution in [0.3, 0.4) is 0 Å². The van der Waals surface area contributed by atoms with Crippen molar-refractivity contribution in [1.82, 2.24) is 5.32 Å². The SMILES string of the molecule is CC(CCNC(=O)C1Cc2ccccc2O1)C(=O)O. The fourth-order valence-electron chi connectivity index (χ4n) is 1.98. The summed E-state index contributed by atoms with van der Waals surface area (Å²) >= 11 is 0. The number of carboxylic acids is 1. The number of carboxylic acid groups (broad SMARTS) is 1. The molecule has 0 spiro atoms. The van der Waals surface area contributed by atoms with Gasteiger partial charge in [-0.2, -0.15) is 0 Å². The molecule has 0 saturated heterocycles. The summed E-state index contributed by atoms with van der Waals surface area (Å²) in [6.45, 7) is 1.97. The van der Waals surface area contributed by atoms with Crippen molar-refractivity contribution >= 4 is 11.9 Å². The summed E-state index contributed by atoms with van der Waals surface area (Å²) in [5.41, 5.74) is 1.03. The highest BCUT2D eigenvalue weighted by Crippen LogP contribution is 2.28. The maximum Gasteiger partial charge on any atom is 0.306 e. The molecule has 0 saturated carbocycles. The number of ether oxygens (including phenoxy) is 1. The predicted molar refractivity (Wildman–Crippen MR) is 69.0 cm³/mol. The number of para-hydroxylation sites is 1. The molecule has 1 amide bonds.